The van der Waals surface area contributed by atoms with Crippen molar-refractivity contribution in [2.75, 3.05) is 16.5 Å². The number of hydrogen-bond donors (Lipinski definition) is 0. The van der Waals surface area contributed by atoms with Crippen molar-refractivity contribution < 1.29 is 8.85 Å². The molecule has 0 amide bonds. The summed E-state index contributed by atoms with van der Waals surface area (Å²) in [5.74, 6) is 1.99. The summed E-state index contributed by atoms with van der Waals surface area (Å²) in [7, 11) is 0. The molecule has 306 valence electrons. The SMILES string of the molecule is [2H]C([2H])([2H])c1cnc(-n2c3ccc(-c4ccccc4)cc3c3ccc(Oc4cccc(N5CN(c6cc(C(C)(C)C)cc(C(C)(C)C)c6)c6ccccc65)c4)cc32)cc1-c1ccccc1. The van der Waals surface area contributed by atoms with Gasteiger partial charge >= 0.3 is 0 Å². The predicted molar refractivity (Wildman–Crippen MR) is 260 cm³/mol. The average Bonchev–Trinajstić information content (AvgIpc) is 3.84. The lowest BCUT2D eigenvalue weighted by atomic mass is 9.80. The summed E-state index contributed by atoms with van der Waals surface area (Å²) in [5, 5.41) is 2.08. The van der Waals surface area contributed by atoms with Gasteiger partial charge in [0.25, 0.3) is 0 Å². The van der Waals surface area contributed by atoms with E-state index < -0.39 is 6.85 Å². The number of anilines is 4. The van der Waals surface area contributed by atoms with Gasteiger partial charge in [-0.25, -0.2) is 4.98 Å². The number of para-hydroxylation sites is 2. The fourth-order valence-electron chi connectivity index (χ4n) is 8.68. The largest absolute Gasteiger partial charge is 0.457 e. The summed E-state index contributed by atoms with van der Waals surface area (Å²) in [6.45, 7) is 12.0. The van der Waals surface area contributed by atoms with Crippen LogP contribution in [-0.2, 0) is 10.8 Å². The molecule has 0 atom stereocenters. The minimum atomic E-state index is -2.35. The first kappa shape index (κ1) is 35.6. The molecule has 0 aliphatic carbocycles. The van der Waals surface area contributed by atoms with Crippen LogP contribution >= 0.6 is 0 Å². The van der Waals surface area contributed by atoms with Crippen LogP contribution in [0.1, 0.15) is 62.3 Å². The first-order valence-electron chi connectivity index (χ1n) is 22.9. The Kier molecular flexibility index (Phi) is 8.68. The second-order valence-electron chi connectivity index (χ2n) is 18.4. The highest BCUT2D eigenvalue weighted by Gasteiger charge is 2.30. The van der Waals surface area contributed by atoms with Crippen LogP contribution in [0.25, 0.3) is 49.9 Å². The van der Waals surface area contributed by atoms with Crippen LogP contribution in [0.5, 0.6) is 11.5 Å². The van der Waals surface area contributed by atoms with Gasteiger partial charge < -0.3 is 14.5 Å². The van der Waals surface area contributed by atoms with Crippen LogP contribution in [0.4, 0.5) is 22.7 Å². The molecule has 0 saturated heterocycles. The van der Waals surface area contributed by atoms with Crippen molar-refractivity contribution >= 4 is 44.6 Å². The van der Waals surface area contributed by atoms with Gasteiger partial charge in [-0.3, -0.25) is 4.57 Å². The van der Waals surface area contributed by atoms with Crippen LogP contribution in [0, 0.1) is 6.85 Å². The third-order valence-electron chi connectivity index (χ3n) is 12.1. The van der Waals surface area contributed by atoms with E-state index in [9.17, 15) is 0 Å². The van der Waals surface area contributed by atoms with Crippen molar-refractivity contribution in [3.05, 3.63) is 193 Å². The first-order chi connectivity index (χ1) is 31.1. The molecule has 5 heteroatoms. The minimum absolute atomic E-state index is 0.00494. The van der Waals surface area contributed by atoms with Gasteiger partial charge in [-0.1, -0.05) is 133 Å². The molecule has 7 aromatic carbocycles. The van der Waals surface area contributed by atoms with Gasteiger partial charge in [0.2, 0.25) is 0 Å². The van der Waals surface area contributed by atoms with E-state index in [-0.39, 0.29) is 16.4 Å². The molecule has 10 rings (SSSR count). The maximum Gasteiger partial charge on any atom is 0.138 e. The number of aromatic nitrogens is 2. The molecule has 2 aromatic heterocycles. The van der Waals surface area contributed by atoms with E-state index in [2.05, 4.69) is 171 Å². The van der Waals surface area contributed by atoms with Crippen molar-refractivity contribution in [2.24, 2.45) is 0 Å². The number of nitrogens with zero attached hydrogens (tertiary/aromatic N) is 4. The van der Waals surface area contributed by atoms with E-state index >= 15 is 0 Å². The third kappa shape index (κ3) is 7.17. The van der Waals surface area contributed by atoms with Gasteiger partial charge in [-0.05, 0) is 123 Å². The Hall–Kier alpha value is -7.11. The lowest BCUT2D eigenvalue weighted by molar-refractivity contribution is 0.483. The molecule has 0 N–H and O–H groups in total. The number of fused-ring (bicyclic) bond motifs is 4. The topological polar surface area (TPSA) is 33.5 Å². The number of benzene rings is 7. The number of pyridine rings is 1. The van der Waals surface area contributed by atoms with Crippen LogP contribution in [0.3, 0.4) is 0 Å². The van der Waals surface area contributed by atoms with Gasteiger partial charge in [0.15, 0.2) is 0 Å². The number of rotatable bonds is 7. The standard InChI is InChI=1S/C57H52N4O/c1-38-36-58-55(35-49(38)40-19-12-9-13-20-40)61-51-28-25-41(39-17-10-8-11-18-39)29-50(51)48-27-26-47(34-54(48)61)62-46-22-16-21-44(33-46)59-37-60(53-24-15-14-23-52(53)59)45-31-42(56(2,3)4)30-43(32-45)57(5,6)7/h8-36H,37H2,1-7H3/i1D3. The zero-order valence-corrected chi connectivity index (χ0v) is 36.1. The van der Waals surface area contributed by atoms with Gasteiger partial charge in [0.1, 0.15) is 24.0 Å². The smallest absolute Gasteiger partial charge is 0.138 e. The van der Waals surface area contributed by atoms with Gasteiger partial charge in [-0.2, -0.15) is 0 Å². The van der Waals surface area contributed by atoms with Gasteiger partial charge in [-0.15, -0.1) is 0 Å². The second-order valence-corrected chi connectivity index (χ2v) is 18.4. The Labute approximate surface area is 369 Å². The Morgan fingerprint density at radius 1 is 0.516 bits per heavy atom. The molecule has 1 aliphatic rings. The summed E-state index contributed by atoms with van der Waals surface area (Å²) in [6.07, 6.45) is 1.51. The minimum Gasteiger partial charge on any atom is -0.457 e. The highest BCUT2D eigenvalue weighted by atomic mass is 16.5. The fraction of sp³-hybridized carbons (Fsp3) is 0.175. The highest BCUT2D eigenvalue weighted by molar-refractivity contribution is 6.10. The second kappa shape index (κ2) is 15.1. The summed E-state index contributed by atoms with van der Waals surface area (Å²) >= 11 is 0. The lowest BCUT2D eigenvalue weighted by Crippen LogP contribution is -2.25. The molecule has 0 saturated carbocycles. The van der Waals surface area contributed by atoms with Crippen molar-refractivity contribution in [2.45, 2.75) is 59.2 Å². The molecule has 3 heterocycles. The molecule has 5 nitrogen and oxygen atoms in total. The third-order valence-corrected chi connectivity index (χ3v) is 12.1. The first-order valence-corrected chi connectivity index (χ1v) is 21.4. The zero-order valence-electron chi connectivity index (χ0n) is 39.1. The zero-order chi connectivity index (χ0) is 45.3. The molecule has 0 radical (unpaired) electrons. The Bertz CT molecular complexity index is 3200. The Morgan fingerprint density at radius 3 is 1.84 bits per heavy atom. The van der Waals surface area contributed by atoms with E-state index in [0.29, 0.717) is 29.5 Å². The monoisotopic (exact) mass is 811 g/mol. The quantitative estimate of drug-likeness (QED) is 0.161. The summed E-state index contributed by atoms with van der Waals surface area (Å²) in [4.78, 5) is 9.63. The van der Waals surface area contributed by atoms with Crippen molar-refractivity contribution in [1.82, 2.24) is 9.55 Å². The van der Waals surface area contributed by atoms with E-state index in [1.165, 1.54) is 23.0 Å². The Morgan fingerprint density at radius 2 is 1.16 bits per heavy atom. The molecule has 0 spiro atoms. The van der Waals surface area contributed by atoms with Crippen molar-refractivity contribution in [3.63, 3.8) is 0 Å². The van der Waals surface area contributed by atoms with Gasteiger partial charge in [0.05, 0.1) is 22.4 Å². The molecule has 62 heavy (non-hydrogen) atoms. The van der Waals surface area contributed by atoms with Gasteiger partial charge in [0, 0.05) is 44.6 Å². The van der Waals surface area contributed by atoms with Crippen molar-refractivity contribution in [3.8, 4) is 39.6 Å². The number of aryl methyl sites for hydroxylation is 1. The van der Waals surface area contributed by atoms with E-state index in [0.717, 1.165) is 55.6 Å². The lowest BCUT2D eigenvalue weighted by Gasteiger charge is -2.29. The number of ether oxygens (including phenoxy) is 1. The van der Waals surface area contributed by atoms with Crippen molar-refractivity contribution in [1.29, 1.82) is 0 Å². The van der Waals surface area contributed by atoms with Crippen LogP contribution in [0.15, 0.2) is 176 Å². The molecule has 0 unspecified atom stereocenters. The maximum absolute atomic E-state index is 8.39. The molecule has 0 bridgehead atoms. The van der Waals surface area contributed by atoms with Crippen LogP contribution < -0.4 is 14.5 Å². The molecule has 0 fully saturated rings. The van der Waals surface area contributed by atoms with Crippen LogP contribution in [-0.4, -0.2) is 16.2 Å². The maximum atomic E-state index is 8.39. The predicted octanol–water partition coefficient (Wildman–Crippen LogP) is 15.5. The van der Waals surface area contributed by atoms with Crippen LogP contribution in [0.2, 0.25) is 0 Å². The molecule has 1 aliphatic heterocycles. The molecular formula is C57H52N4O. The summed E-state index contributed by atoms with van der Waals surface area (Å²) in [5.41, 5.74) is 12.8. The van der Waals surface area contributed by atoms with E-state index in [1.807, 2.05) is 54.6 Å². The number of hydrogen-bond acceptors (Lipinski definition) is 4. The summed E-state index contributed by atoms with van der Waals surface area (Å²) < 4.78 is 34.1. The van der Waals surface area contributed by atoms with E-state index in [1.54, 1.807) is 0 Å². The molecule has 9 aromatic rings. The Balaban J connectivity index is 1.05. The average molecular weight is 812 g/mol. The van der Waals surface area contributed by atoms with E-state index in [4.69, 9.17) is 13.8 Å². The fourth-order valence-corrected chi connectivity index (χ4v) is 8.68. The summed E-state index contributed by atoms with van der Waals surface area (Å²) in [6, 6.07) is 58.6. The highest BCUT2D eigenvalue weighted by Crippen LogP contribution is 2.47. The normalized spacial score (nSPS) is 13.9. The molecular weight excluding hydrogens is 757 g/mol.